The number of ether oxygens (including phenoxy) is 6. The Balaban J connectivity index is 1.57. The number of carbonyl (C=O) groups is 4. The maximum absolute atomic E-state index is 13.9. The van der Waals surface area contributed by atoms with Crippen LogP contribution in [0, 0.1) is 0 Å². The third-order valence-corrected chi connectivity index (χ3v) is 8.84. The number of methoxy groups -OCH3 is 1. The van der Waals surface area contributed by atoms with Gasteiger partial charge in [-0.05, 0) is 26.8 Å². The van der Waals surface area contributed by atoms with Crippen LogP contribution in [-0.4, -0.2) is 107 Å². The second kappa shape index (κ2) is 13.9. The van der Waals surface area contributed by atoms with Gasteiger partial charge in [-0.25, -0.2) is 4.79 Å². The predicted molar refractivity (Wildman–Crippen MR) is 163 cm³/mol. The Kier molecular flexibility index (Phi) is 10.2. The number of ketones is 3. The molecule has 260 valence electrons. The van der Waals surface area contributed by atoms with Gasteiger partial charge in [-0.1, -0.05) is 12.1 Å². The zero-order chi connectivity index (χ0) is 35.1. The quantitative estimate of drug-likeness (QED) is 0.108. The second-order valence-electron chi connectivity index (χ2n) is 11.9. The first-order valence-electron chi connectivity index (χ1n) is 15.5. The van der Waals surface area contributed by atoms with Crippen molar-refractivity contribution in [3.8, 4) is 17.2 Å². The lowest BCUT2D eigenvalue weighted by atomic mass is 9.72. The van der Waals surface area contributed by atoms with Crippen molar-refractivity contribution in [1.29, 1.82) is 0 Å². The van der Waals surface area contributed by atoms with E-state index in [9.17, 15) is 39.6 Å². The molecule has 48 heavy (non-hydrogen) atoms. The molecule has 5 rings (SSSR count). The number of Topliss-reactive ketones (excluding diaryl/α,β-unsaturated/α-hetero) is 1. The number of phenols is 2. The Morgan fingerprint density at radius 1 is 1.06 bits per heavy atom. The molecule has 2 aliphatic carbocycles. The summed E-state index contributed by atoms with van der Waals surface area (Å²) in [6.45, 7) is 4.12. The van der Waals surface area contributed by atoms with E-state index in [4.69, 9.17) is 34.2 Å². The Hall–Kier alpha value is -3.96. The van der Waals surface area contributed by atoms with Crippen molar-refractivity contribution >= 4 is 23.3 Å². The van der Waals surface area contributed by atoms with Gasteiger partial charge in [-0.15, -0.1) is 0 Å². The third-order valence-electron chi connectivity index (χ3n) is 8.84. The topological polar surface area (TPSA) is 231 Å². The molecular weight excluding hydrogens is 634 g/mol. The predicted octanol–water partition coefficient (Wildman–Crippen LogP) is 0.951. The van der Waals surface area contributed by atoms with E-state index in [1.807, 2.05) is 0 Å². The number of aromatic hydroxyl groups is 2. The lowest BCUT2D eigenvalue weighted by Gasteiger charge is -2.42. The highest BCUT2D eigenvalue weighted by atomic mass is 16.7. The minimum Gasteiger partial charge on any atom is -0.507 e. The van der Waals surface area contributed by atoms with Crippen molar-refractivity contribution in [2.24, 2.45) is 5.73 Å². The first kappa shape index (κ1) is 35.3. The molecule has 15 nitrogen and oxygen atoms in total. The summed E-state index contributed by atoms with van der Waals surface area (Å²) < 4.78 is 32.7. The summed E-state index contributed by atoms with van der Waals surface area (Å²) >= 11 is 0. The lowest BCUT2D eigenvalue weighted by molar-refractivity contribution is -0.247. The van der Waals surface area contributed by atoms with Gasteiger partial charge in [-0.3, -0.25) is 14.4 Å². The van der Waals surface area contributed by atoms with E-state index >= 15 is 0 Å². The molecule has 0 spiro atoms. The van der Waals surface area contributed by atoms with Crippen LogP contribution >= 0.6 is 0 Å². The van der Waals surface area contributed by atoms with E-state index in [2.05, 4.69) is 0 Å². The minimum absolute atomic E-state index is 0.0305. The van der Waals surface area contributed by atoms with Crippen molar-refractivity contribution in [1.82, 2.24) is 0 Å². The van der Waals surface area contributed by atoms with Crippen molar-refractivity contribution in [3.63, 3.8) is 0 Å². The molecule has 0 aromatic heterocycles. The fraction of sp³-hybridized carbons (Fsp3) is 0.515. The van der Waals surface area contributed by atoms with E-state index in [0.717, 1.165) is 0 Å². The number of aliphatic hydroxyl groups excluding tert-OH is 1. The monoisotopic (exact) mass is 673 g/mol. The molecule has 1 aliphatic heterocycles. The van der Waals surface area contributed by atoms with Gasteiger partial charge in [-0.2, -0.15) is 0 Å². The molecule has 6 atom stereocenters. The first-order valence-corrected chi connectivity index (χ1v) is 15.5. The van der Waals surface area contributed by atoms with Crippen molar-refractivity contribution in [2.75, 3.05) is 26.9 Å². The minimum atomic E-state index is -2.38. The van der Waals surface area contributed by atoms with Gasteiger partial charge in [0.1, 0.15) is 22.8 Å². The van der Waals surface area contributed by atoms with Gasteiger partial charge >= 0.3 is 5.97 Å². The first-order chi connectivity index (χ1) is 22.8. The molecule has 1 heterocycles. The van der Waals surface area contributed by atoms with Crippen LogP contribution in [0.5, 0.6) is 17.2 Å². The summed E-state index contributed by atoms with van der Waals surface area (Å²) in [6, 6.07) is 3.55. The molecular formula is C33H39NO14. The van der Waals surface area contributed by atoms with E-state index in [0.29, 0.717) is 0 Å². The second-order valence-corrected chi connectivity index (χ2v) is 11.9. The van der Waals surface area contributed by atoms with Crippen LogP contribution < -0.4 is 10.5 Å². The molecule has 0 bridgehead atoms. The molecule has 0 unspecified atom stereocenters. The summed E-state index contributed by atoms with van der Waals surface area (Å²) in [5.41, 5.74) is 2.06. The standard InChI is InChI=1S/C33H39NO14/c1-5-44-32(45-6-2)31(41)46-13-20(35)33(42)11-16-23(19(12-33)48-21-10-17(34)26(36)14(3)47-21)30(40)25-24(28(16)38)27(37)15-8-7-9-18(43-4)22(15)29(25)39/h7-9,14,17,19,21,26,32,36,38,40,42H,5-6,10-13,34H2,1-4H3/t14-,17-,19-,21+,26+,33-/m0/s1. The summed E-state index contributed by atoms with van der Waals surface area (Å²) in [4.78, 5) is 53.7. The molecule has 3 aliphatic rings. The highest BCUT2D eigenvalue weighted by Gasteiger charge is 2.50. The molecule has 1 fully saturated rings. The molecule has 0 amide bonds. The third kappa shape index (κ3) is 6.18. The molecule has 0 saturated carbocycles. The van der Waals surface area contributed by atoms with Gasteiger partial charge < -0.3 is 54.6 Å². The van der Waals surface area contributed by atoms with E-state index in [1.54, 1.807) is 20.8 Å². The van der Waals surface area contributed by atoms with E-state index in [1.165, 1.54) is 25.3 Å². The SMILES string of the molecule is CCOC(OCC)C(=O)OCC(=O)[C@]1(O)Cc2c(O)c3c(c(O)c2[C@@H](O[C@@H]2C[C@H](N)[C@H](O)[C@H](C)O2)C1)C(=O)c1c(OC)cccc1C3=O. The Bertz CT molecular complexity index is 1610. The number of rotatable bonds is 11. The Morgan fingerprint density at radius 2 is 1.73 bits per heavy atom. The Morgan fingerprint density at radius 3 is 2.35 bits per heavy atom. The zero-order valence-corrected chi connectivity index (χ0v) is 26.9. The fourth-order valence-electron chi connectivity index (χ4n) is 6.43. The zero-order valence-electron chi connectivity index (χ0n) is 26.9. The molecule has 15 heteroatoms. The number of carbonyl (C=O) groups excluding carboxylic acids is 4. The number of hydrogen-bond acceptors (Lipinski definition) is 15. The maximum Gasteiger partial charge on any atom is 0.363 e. The van der Waals surface area contributed by atoms with E-state index < -0.39 is 108 Å². The number of phenolic OH excluding ortho intramolecular Hbond substituents is 2. The van der Waals surface area contributed by atoms with Crippen LogP contribution in [0.1, 0.15) is 82.7 Å². The van der Waals surface area contributed by atoms with Gasteiger partial charge in [0.2, 0.25) is 11.6 Å². The summed E-state index contributed by atoms with van der Waals surface area (Å²) in [7, 11) is 1.31. The average molecular weight is 674 g/mol. The van der Waals surface area contributed by atoms with Crippen molar-refractivity contribution in [3.05, 3.63) is 51.6 Å². The number of aliphatic hydroxyl groups is 2. The fourth-order valence-corrected chi connectivity index (χ4v) is 6.43. The normalized spacial score (nSPS) is 26.5. The molecule has 2 aromatic rings. The highest BCUT2D eigenvalue weighted by Crippen LogP contribution is 2.52. The number of benzene rings is 2. The van der Waals surface area contributed by atoms with Crippen LogP contribution in [-0.2, 0) is 39.7 Å². The average Bonchev–Trinajstić information content (AvgIpc) is 3.05. The number of hydrogen-bond donors (Lipinski definition) is 5. The van der Waals surface area contributed by atoms with Gasteiger partial charge in [0.25, 0.3) is 6.29 Å². The van der Waals surface area contributed by atoms with Gasteiger partial charge in [0.05, 0.1) is 42.1 Å². The highest BCUT2D eigenvalue weighted by molar-refractivity contribution is 6.31. The number of nitrogens with two attached hydrogens (primary N) is 1. The summed E-state index contributed by atoms with van der Waals surface area (Å²) in [5, 5.41) is 45.4. The Labute approximate surface area is 275 Å². The van der Waals surface area contributed by atoms with Gasteiger partial charge in [0.15, 0.2) is 18.7 Å². The van der Waals surface area contributed by atoms with E-state index in [-0.39, 0.29) is 47.6 Å². The van der Waals surface area contributed by atoms with Crippen LogP contribution in [0.15, 0.2) is 18.2 Å². The lowest BCUT2D eigenvalue weighted by Crippen LogP contribution is -2.53. The van der Waals surface area contributed by atoms with Crippen molar-refractivity contribution in [2.45, 2.75) is 82.6 Å². The number of fused-ring (bicyclic) bond motifs is 3. The van der Waals surface area contributed by atoms with Crippen LogP contribution in [0.25, 0.3) is 0 Å². The molecule has 6 N–H and O–H groups in total. The van der Waals surface area contributed by atoms with Gasteiger partial charge in [0, 0.05) is 55.2 Å². The molecule has 2 aromatic carbocycles. The molecule has 0 radical (unpaired) electrons. The maximum atomic E-state index is 13.9. The van der Waals surface area contributed by atoms with Crippen LogP contribution in [0.2, 0.25) is 0 Å². The smallest absolute Gasteiger partial charge is 0.363 e. The largest absolute Gasteiger partial charge is 0.507 e. The summed E-state index contributed by atoms with van der Waals surface area (Å²) in [6.07, 6.45) is -7.01. The van der Waals surface area contributed by atoms with Crippen molar-refractivity contribution < 1.29 is 68.0 Å². The number of esters is 1. The van der Waals surface area contributed by atoms with Crippen LogP contribution in [0.4, 0.5) is 0 Å². The summed E-state index contributed by atoms with van der Waals surface area (Å²) in [5.74, 6) is -5.00. The van der Waals surface area contributed by atoms with Crippen LogP contribution in [0.3, 0.4) is 0 Å². The molecule has 1 saturated heterocycles.